The van der Waals surface area contributed by atoms with Crippen LogP contribution in [0.25, 0.3) is 0 Å². The van der Waals surface area contributed by atoms with Crippen molar-refractivity contribution < 1.29 is 29.3 Å². The van der Waals surface area contributed by atoms with Gasteiger partial charge in [-0.3, -0.25) is 50.0 Å². The molecule has 0 atom stereocenters. The van der Waals surface area contributed by atoms with Crippen molar-refractivity contribution in [3.8, 4) is 0 Å². The number of carbonyl (C=O) groups is 2. The van der Waals surface area contributed by atoms with Gasteiger partial charge < -0.3 is 0 Å². The molecule has 18 nitrogen and oxygen atoms in total. The van der Waals surface area contributed by atoms with Crippen molar-refractivity contribution in [2.45, 2.75) is 12.8 Å². The minimum Gasteiger partial charge on any atom is -0.273 e. The van der Waals surface area contributed by atoms with Crippen molar-refractivity contribution >= 4 is 58.8 Å². The third-order valence-electron chi connectivity index (χ3n) is 4.58. The summed E-state index contributed by atoms with van der Waals surface area (Å²) in [4.78, 5) is 64.2. The standard InChI is InChI=1S/C20H18N8O10S/c29-19(23-21-11-13-1-3-15(25(31)32)9-17(13)27(35)36)5-7-39-8-6-20(30)24-22-12-14-2-4-16(26(33)34)10-18(14)28(37)38/h1-4,9-12H,5-8H2,(H,23,29)(H,24,30)/b21-11-,22-12?. The Kier molecular flexibility index (Phi) is 11.1. The molecule has 2 amide bonds. The highest BCUT2D eigenvalue weighted by atomic mass is 32.2. The molecule has 2 aromatic carbocycles. The Bertz CT molecular complexity index is 1260. The summed E-state index contributed by atoms with van der Waals surface area (Å²) < 4.78 is 0. The maximum absolute atomic E-state index is 11.9. The highest BCUT2D eigenvalue weighted by Crippen LogP contribution is 2.24. The number of rotatable bonds is 14. The second kappa shape index (κ2) is 14.4. The molecular formula is C20H18N8O10S. The first-order valence-corrected chi connectivity index (χ1v) is 11.7. The fourth-order valence-corrected chi connectivity index (χ4v) is 3.58. The first kappa shape index (κ1) is 29.9. The molecule has 39 heavy (non-hydrogen) atoms. The number of hydrogen-bond donors (Lipinski definition) is 2. The van der Waals surface area contributed by atoms with E-state index in [1.54, 1.807) is 0 Å². The lowest BCUT2D eigenvalue weighted by molar-refractivity contribution is -0.394. The van der Waals surface area contributed by atoms with Crippen LogP contribution in [0.5, 0.6) is 0 Å². The average molecular weight is 562 g/mol. The van der Waals surface area contributed by atoms with Crippen LogP contribution in [0.2, 0.25) is 0 Å². The van der Waals surface area contributed by atoms with E-state index >= 15 is 0 Å². The van der Waals surface area contributed by atoms with Crippen molar-refractivity contribution in [3.63, 3.8) is 0 Å². The second-order valence-electron chi connectivity index (χ2n) is 7.21. The molecule has 0 heterocycles. The third kappa shape index (κ3) is 9.57. The van der Waals surface area contributed by atoms with E-state index in [0.717, 1.165) is 48.8 Å². The lowest BCUT2D eigenvalue weighted by atomic mass is 10.2. The number of thioether (sulfide) groups is 1. The molecule has 0 saturated carbocycles. The van der Waals surface area contributed by atoms with Crippen LogP contribution in [-0.2, 0) is 9.59 Å². The SMILES string of the molecule is O=C(CCSCCC(=O)N/N=C\c1ccc([N+](=O)[O-])cc1[N+](=O)[O-])NN=Cc1ccc([N+](=O)[O-])cc1[N+](=O)[O-]. The largest absolute Gasteiger partial charge is 0.285 e. The average Bonchev–Trinajstić information content (AvgIpc) is 2.88. The summed E-state index contributed by atoms with van der Waals surface area (Å²) in [5.74, 6) is -0.404. The van der Waals surface area contributed by atoms with Gasteiger partial charge in [0.1, 0.15) is 0 Å². The van der Waals surface area contributed by atoms with Gasteiger partial charge >= 0.3 is 0 Å². The number of benzene rings is 2. The van der Waals surface area contributed by atoms with Gasteiger partial charge in [-0.05, 0) is 12.1 Å². The minimum absolute atomic E-state index is 0.00788. The first-order valence-electron chi connectivity index (χ1n) is 10.6. The lowest BCUT2D eigenvalue weighted by Crippen LogP contribution is -2.19. The molecule has 0 spiro atoms. The van der Waals surface area contributed by atoms with Crippen LogP contribution in [0.15, 0.2) is 46.6 Å². The zero-order chi connectivity index (χ0) is 28.9. The molecule has 19 heteroatoms. The third-order valence-corrected chi connectivity index (χ3v) is 5.56. The normalized spacial score (nSPS) is 10.9. The van der Waals surface area contributed by atoms with Gasteiger partial charge in [-0.25, -0.2) is 10.9 Å². The number of non-ortho nitro benzene ring substituents is 2. The van der Waals surface area contributed by atoms with Crippen LogP contribution in [0.1, 0.15) is 24.0 Å². The first-order chi connectivity index (χ1) is 18.5. The summed E-state index contributed by atoms with van der Waals surface area (Å²) in [7, 11) is 0. The molecule has 2 aromatic rings. The molecule has 2 rings (SSSR count). The van der Waals surface area contributed by atoms with E-state index in [4.69, 9.17) is 0 Å². The lowest BCUT2D eigenvalue weighted by Gasteiger charge is -2.02. The molecule has 0 radical (unpaired) electrons. The van der Waals surface area contributed by atoms with Gasteiger partial charge in [0.15, 0.2) is 0 Å². The van der Waals surface area contributed by atoms with E-state index in [1.165, 1.54) is 11.8 Å². The molecule has 204 valence electrons. The second-order valence-corrected chi connectivity index (χ2v) is 8.44. The van der Waals surface area contributed by atoms with Crippen molar-refractivity contribution in [1.82, 2.24) is 10.9 Å². The summed E-state index contributed by atoms with van der Waals surface area (Å²) in [5.41, 5.74) is 2.24. The van der Waals surface area contributed by atoms with Gasteiger partial charge in [-0.2, -0.15) is 22.0 Å². The van der Waals surface area contributed by atoms with Crippen molar-refractivity contribution in [3.05, 3.63) is 88.0 Å². The van der Waals surface area contributed by atoms with E-state index < -0.39 is 54.3 Å². The summed E-state index contributed by atoms with van der Waals surface area (Å²) in [6.07, 6.45) is 1.99. The van der Waals surface area contributed by atoms with Crippen LogP contribution >= 0.6 is 11.8 Å². The zero-order valence-corrected chi connectivity index (χ0v) is 20.4. The summed E-state index contributed by atoms with van der Waals surface area (Å²) >= 11 is 1.26. The molecule has 2 N–H and O–H groups in total. The van der Waals surface area contributed by atoms with Crippen LogP contribution in [0, 0.1) is 40.5 Å². The Morgan fingerprint density at radius 2 is 1.08 bits per heavy atom. The minimum atomic E-state index is -0.812. The summed E-state index contributed by atoms with van der Waals surface area (Å²) in [5, 5.41) is 50.9. The fourth-order valence-electron chi connectivity index (χ4n) is 2.72. The molecule has 0 aliphatic heterocycles. The quantitative estimate of drug-likeness (QED) is 0.146. The number of amides is 2. The maximum Gasteiger partial charge on any atom is 0.285 e. The Morgan fingerprint density at radius 1 is 0.692 bits per heavy atom. The number of nitro groups is 4. The molecule has 0 aromatic heterocycles. The molecule has 0 aliphatic carbocycles. The van der Waals surface area contributed by atoms with Gasteiger partial charge in [0.2, 0.25) is 11.8 Å². The summed E-state index contributed by atoms with van der Waals surface area (Å²) in [6.45, 7) is 0. The number of nitro benzene ring substituents is 4. The van der Waals surface area contributed by atoms with Crippen LogP contribution in [0.4, 0.5) is 22.7 Å². The zero-order valence-electron chi connectivity index (χ0n) is 19.6. The molecular weight excluding hydrogens is 544 g/mol. The van der Waals surface area contributed by atoms with Crippen LogP contribution < -0.4 is 10.9 Å². The topological polar surface area (TPSA) is 255 Å². The highest BCUT2D eigenvalue weighted by Gasteiger charge is 2.19. The maximum atomic E-state index is 11.9. The number of nitrogens with zero attached hydrogens (tertiary/aromatic N) is 6. The van der Waals surface area contributed by atoms with Crippen LogP contribution in [-0.4, -0.2) is 55.4 Å². The van der Waals surface area contributed by atoms with E-state index in [0.29, 0.717) is 11.5 Å². The Morgan fingerprint density at radius 3 is 1.41 bits per heavy atom. The Hall–Kier alpha value is -5.33. The van der Waals surface area contributed by atoms with Gasteiger partial charge in [-0.15, -0.1) is 0 Å². The molecule has 0 aliphatic rings. The number of carbonyl (C=O) groups excluding carboxylic acids is 2. The monoisotopic (exact) mass is 562 g/mol. The van der Waals surface area contributed by atoms with Crippen molar-refractivity contribution in [2.75, 3.05) is 11.5 Å². The van der Waals surface area contributed by atoms with E-state index in [-0.39, 0.29) is 24.0 Å². The van der Waals surface area contributed by atoms with Gasteiger partial charge in [-0.1, -0.05) is 0 Å². The number of hydrazone groups is 2. The Labute approximate surface area is 221 Å². The van der Waals surface area contributed by atoms with Crippen molar-refractivity contribution in [2.24, 2.45) is 10.2 Å². The van der Waals surface area contributed by atoms with Gasteiger partial charge in [0, 0.05) is 36.5 Å². The smallest absolute Gasteiger partial charge is 0.273 e. The molecule has 0 bridgehead atoms. The van der Waals surface area contributed by atoms with E-state index in [9.17, 15) is 50.0 Å². The van der Waals surface area contributed by atoms with Crippen LogP contribution in [0.3, 0.4) is 0 Å². The van der Waals surface area contributed by atoms with Crippen molar-refractivity contribution in [1.29, 1.82) is 0 Å². The van der Waals surface area contributed by atoms with E-state index in [2.05, 4.69) is 21.1 Å². The molecule has 0 saturated heterocycles. The highest BCUT2D eigenvalue weighted by molar-refractivity contribution is 7.99. The predicted octanol–water partition coefficient (Wildman–Crippen LogP) is 2.43. The number of hydrogen-bond acceptors (Lipinski definition) is 13. The van der Waals surface area contributed by atoms with Gasteiger partial charge in [0.25, 0.3) is 22.7 Å². The number of nitrogens with one attached hydrogen (secondary N) is 2. The van der Waals surface area contributed by atoms with E-state index in [1.807, 2.05) is 0 Å². The Balaban J connectivity index is 1.73. The fraction of sp³-hybridized carbons (Fsp3) is 0.200. The molecule has 0 unspecified atom stereocenters. The van der Waals surface area contributed by atoms with Gasteiger partial charge in [0.05, 0.1) is 55.4 Å². The summed E-state index contributed by atoms with van der Waals surface area (Å²) in [6, 6.07) is 5.94. The molecule has 0 fully saturated rings. The predicted molar refractivity (Wildman–Crippen MR) is 138 cm³/mol.